The number of carbonyl (C=O) groups is 1. The molecule has 4 heteroatoms. The predicted octanol–water partition coefficient (Wildman–Crippen LogP) is 2.37. The number of nitrogens with zero attached hydrogens (tertiary/aromatic N) is 1. The number of hydrogen-bond acceptors (Lipinski definition) is 2. The Balaban J connectivity index is 2.04. The number of aryl methyl sites for hydroxylation is 1. The third-order valence-corrected chi connectivity index (χ3v) is 3.30. The van der Waals surface area contributed by atoms with Crippen LogP contribution in [0.3, 0.4) is 0 Å². The molecule has 1 N–H and O–H groups in total. The van der Waals surface area contributed by atoms with E-state index in [1.54, 1.807) is 0 Å². The first-order chi connectivity index (χ1) is 9.60. The minimum Gasteiger partial charge on any atom is -0.619 e. The predicted molar refractivity (Wildman–Crippen MR) is 77.1 cm³/mol. The van der Waals surface area contributed by atoms with E-state index in [4.69, 9.17) is 0 Å². The molecular formula is C16H18N2O2. The van der Waals surface area contributed by atoms with Crippen LogP contribution in [0.15, 0.2) is 48.8 Å². The van der Waals surface area contributed by atoms with Crippen LogP contribution in [0.2, 0.25) is 0 Å². The molecule has 1 aromatic heterocycles. The van der Waals surface area contributed by atoms with Gasteiger partial charge in [-0.3, -0.25) is 4.79 Å². The first-order valence-electron chi connectivity index (χ1n) is 6.68. The van der Waals surface area contributed by atoms with Gasteiger partial charge in [0.1, 0.15) is 0 Å². The van der Waals surface area contributed by atoms with Crippen molar-refractivity contribution in [2.45, 2.75) is 26.3 Å². The highest BCUT2D eigenvalue weighted by Gasteiger charge is 2.12. The van der Waals surface area contributed by atoms with Crippen LogP contribution in [-0.2, 0) is 6.42 Å². The van der Waals surface area contributed by atoms with Crippen molar-refractivity contribution >= 4 is 5.91 Å². The Labute approximate surface area is 118 Å². The van der Waals surface area contributed by atoms with Crippen LogP contribution in [0.5, 0.6) is 0 Å². The van der Waals surface area contributed by atoms with E-state index in [1.165, 1.54) is 30.1 Å². The number of pyridine rings is 1. The number of nitrogens with one attached hydrogen (secondary N) is 1. The third-order valence-electron chi connectivity index (χ3n) is 3.30. The quantitative estimate of drug-likeness (QED) is 0.685. The zero-order valence-corrected chi connectivity index (χ0v) is 11.7. The maximum absolute atomic E-state index is 12.0. The molecule has 0 aliphatic heterocycles. The van der Waals surface area contributed by atoms with Gasteiger partial charge in [-0.25, -0.2) is 0 Å². The highest BCUT2D eigenvalue weighted by molar-refractivity contribution is 5.94. The summed E-state index contributed by atoms with van der Waals surface area (Å²) in [6.07, 6.45) is 3.63. The first-order valence-corrected chi connectivity index (χ1v) is 6.68. The summed E-state index contributed by atoms with van der Waals surface area (Å²) in [4.78, 5) is 12.0. The van der Waals surface area contributed by atoms with Crippen molar-refractivity contribution < 1.29 is 9.52 Å². The fourth-order valence-corrected chi connectivity index (χ4v) is 1.97. The summed E-state index contributed by atoms with van der Waals surface area (Å²) in [5.74, 6) is -0.183. The Bertz CT molecular complexity index is 576. The van der Waals surface area contributed by atoms with E-state index in [1.807, 2.05) is 19.1 Å². The molecule has 20 heavy (non-hydrogen) atoms. The van der Waals surface area contributed by atoms with Crippen LogP contribution < -0.4 is 10.0 Å². The van der Waals surface area contributed by atoms with Gasteiger partial charge >= 0.3 is 0 Å². The summed E-state index contributed by atoms with van der Waals surface area (Å²) in [6, 6.07) is 11.1. The van der Waals surface area contributed by atoms with Gasteiger partial charge in [-0.2, -0.15) is 4.73 Å². The van der Waals surface area contributed by atoms with Gasteiger partial charge in [-0.15, -0.1) is 0 Å². The minimum atomic E-state index is -0.183. The average Bonchev–Trinajstić information content (AvgIpc) is 2.48. The van der Waals surface area contributed by atoms with Crippen molar-refractivity contribution in [3.63, 3.8) is 0 Å². The fourth-order valence-electron chi connectivity index (χ4n) is 1.97. The summed E-state index contributed by atoms with van der Waals surface area (Å²) in [6.45, 7) is 4.05. The molecule has 2 rings (SSSR count). The summed E-state index contributed by atoms with van der Waals surface area (Å²) in [5.41, 5.74) is 2.81. The number of hydrogen-bond donors (Lipinski definition) is 1. The average molecular weight is 270 g/mol. The standard InChI is InChI=1S/C16H18N2O2/c1-3-13-4-6-14(7-5-13)12(2)17-16(19)15-8-10-18(20)11-9-15/h4-12H,3H2,1-2H3,(H,17,19). The SMILES string of the molecule is CCc1ccc(C(C)NC(=O)c2cc[n+]([O-])cc2)cc1. The third kappa shape index (κ3) is 3.35. The minimum absolute atomic E-state index is 0.0759. The highest BCUT2D eigenvalue weighted by atomic mass is 16.5. The van der Waals surface area contributed by atoms with E-state index < -0.39 is 0 Å². The van der Waals surface area contributed by atoms with Crippen molar-refractivity contribution in [2.24, 2.45) is 0 Å². The van der Waals surface area contributed by atoms with Gasteiger partial charge in [0.05, 0.1) is 11.6 Å². The molecule has 0 saturated carbocycles. The Morgan fingerprint density at radius 2 is 1.80 bits per heavy atom. The number of carbonyl (C=O) groups excluding carboxylic acids is 1. The van der Waals surface area contributed by atoms with Gasteiger partial charge in [-0.05, 0) is 24.5 Å². The molecule has 0 spiro atoms. The monoisotopic (exact) mass is 270 g/mol. The molecular weight excluding hydrogens is 252 g/mol. The van der Waals surface area contributed by atoms with Crippen LogP contribution in [0.25, 0.3) is 0 Å². The van der Waals surface area contributed by atoms with Gasteiger partial charge in [0, 0.05) is 12.1 Å². The summed E-state index contributed by atoms with van der Waals surface area (Å²) < 4.78 is 0.656. The maximum Gasteiger partial charge on any atom is 0.252 e. The van der Waals surface area contributed by atoms with E-state index >= 15 is 0 Å². The molecule has 1 aromatic carbocycles. The van der Waals surface area contributed by atoms with Crippen LogP contribution >= 0.6 is 0 Å². The van der Waals surface area contributed by atoms with E-state index in [0.29, 0.717) is 10.3 Å². The van der Waals surface area contributed by atoms with Crippen molar-refractivity contribution in [2.75, 3.05) is 0 Å². The van der Waals surface area contributed by atoms with Crippen molar-refractivity contribution in [3.8, 4) is 0 Å². The molecule has 0 aliphatic carbocycles. The Hall–Kier alpha value is -2.36. The molecule has 104 valence electrons. The van der Waals surface area contributed by atoms with Crippen LogP contribution in [0.4, 0.5) is 0 Å². The first kappa shape index (κ1) is 14.1. The van der Waals surface area contributed by atoms with E-state index in [9.17, 15) is 10.0 Å². The second-order valence-electron chi connectivity index (χ2n) is 4.74. The van der Waals surface area contributed by atoms with E-state index in [2.05, 4.69) is 24.4 Å². The van der Waals surface area contributed by atoms with Crippen LogP contribution in [0.1, 0.15) is 41.4 Å². The van der Waals surface area contributed by atoms with Gasteiger partial charge in [0.15, 0.2) is 12.4 Å². The zero-order valence-electron chi connectivity index (χ0n) is 11.7. The maximum atomic E-state index is 12.0. The lowest BCUT2D eigenvalue weighted by molar-refractivity contribution is -0.605. The summed E-state index contributed by atoms with van der Waals surface area (Å²) in [7, 11) is 0. The lowest BCUT2D eigenvalue weighted by Gasteiger charge is -2.14. The van der Waals surface area contributed by atoms with Gasteiger partial charge < -0.3 is 10.5 Å². The Kier molecular flexibility index (Phi) is 4.35. The molecule has 1 heterocycles. The molecule has 1 amide bonds. The Morgan fingerprint density at radius 3 is 2.35 bits per heavy atom. The molecule has 0 bridgehead atoms. The Morgan fingerprint density at radius 1 is 1.20 bits per heavy atom. The van der Waals surface area contributed by atoms with Gasteiger partial charge in [-0.1, -0.05) is 31.2 Å². The molecule has 0 aliphatic rings. The van der Waals surface area contributed by atoms with E-state index in [0.717, 1.165) is 12.0 Å². The second-order valence-corrected chi connectivity index (χ2v) is 4.74. The van der Waals surface area contributed by atoms with Crippen molar-refractivity contribution in [1.82, 2.24) is 5.32 Å². The summed E-state index contributed by atoms with van der Waals surface area (Å²) in [5, 5.41) is 13.9. The number of amides is 1. The topological polar surface area (TPSA) is 56.0 Å². The van der Waals surface area contributed by atoms with Crippen molar-refractivity contribution in [3.05, 3.63) is 70.7 Å². The van der Waals surface area contributed by atoms with Gasteiger partial charge in [0.2, 0.25) is 0 Å². The molecule has 1 unspecified atom stereocenters. The fraction of sp³-hybridized carbons (Fsp3) is 0.250. The lowest BCUT2D eigenvalue weighted by Crippen LogP contribution is -2.29. The van der Waals surface area contributed by atoms with Gasteiger partial charge in [0.25, 0.3) is 5.91 Å². The lowest BCUT2D eigenvalue weighted by atomic mass is 10.0. The molecule has 0 saturated heterocycles. The van der Waals surface area contributed by atoms with Crippen molar-refractivity contribution in [1.29, 1.82) is 0 Å². The smallest absolute Gasteiger partial charge is 0.252 e. The summed E-state index contributed by atoms with van der Waals surface area (Å²) >= 11 is 0. The largest absolute Gasteiger partial charge is 0.619 e. The molecule has 2 aromatic rings. The molecule has 4 nitrogen and oxygen atoms in total. The number of aromatic nitrogens is 1. The molecule has 0 radical (unpaired) electrons. The van der Waals surface area contributed by atoms with E-state index in [-0.39, 0.29) is 11.9 Å². The van der Waals surface area contributed by atoms with Crippen LogP contribution in [0, 0.1) is 5.21 Å². The molecule has 0 fully saturated rings. The second kappa shape index (κ2) is 6.19. The number of benzene rings is 1. The number of rotatable bonds is 4. The molecule has 1 atom stereocenters. The van der Waals surface area contributed by atoms with Crippen LogP contribution in [-0.4, -0.2) is 5.91 Å². The normalized spacial score (nSPS) is 11.9. The highest BCUT2D eigenvalue weighted by Crippen LogP contribution is 2.14. The zero-order chi connectivity index (χ0) is 14.5.